The van der Waals surface area contributed by atoms with Gasteiger partial charge in [0.15, 0.2) is 17.3 Å². The zero-order valence-corrected chi connectivity index (χ0v) is 20.1. The molecule has 1 aromatic heterocycles. The molecule has 9 heteroatoms. The Hall–Kier alpha value is -4.24. The lowest BCUT2D eigenvalue weighted by molar-refractivity contribution is -0.130. The van der Waals surface area contributed by atoms with E-state index < -0.39 is 11.8 Å². The fraction of sp³-hybridized carbons (Fsp3) is 0.154. The minimum atomic E-state index is -1.22. The molecule has 0 aliphatic rings. The number of carbonyl (C=O) groups is 2. The van der Waals surface area contributed by atoms with Crippen molar-refractivity contribution in [3.63, 3.8) is 0 Å². The summed E-state index contributed by atoms with van der Waals surface area (Å²) in [5.74, 6) is -0.774. The monoisotopic (exact) mass is 490 g/mol. The van der Waals surface area contributed by atoms with Crippen LogP contribution in [0.4, 0.5) is 0 Å². The van der Waals surface area contributed by atoms with E-state index in [2.05, 4.69) is 8.75 Å². The molecule has 0 amide bonds. The molecular weight excluding hydrogens is 468 g/mol. The number of aromatic nitrogens is 2. The number of aliphatic carboxylic acids is 1. The van der Waals surface area contributed by atoms with Crippen molar-refractivity contribution in [2.45, 2.75) is 6.42 Å². The molecule has 0 saturated heterocycles. The van der Waals surface area contributed by atoms with Crippen LogP contribution in [0, 0.1) is 0 Å². The SMILES string of the molecule is COc1cc(C(=O)/C(Cc2ccccc2)=C(/C(=O)O)c2ccc3nsnc3c2)cc(OC)c1OC. The Morgan fingerprint density at radius 3 is 2.09 bits per heavy atom. The molecule has 0 aliphatic heterocycles. The van der Waals surface area contributed by atoms with Gasteiger partial charge in [-0.2, -0.15) is 8.75 Å². The minimum absolute atomic E-state index is 0.102. The molecule has 0 unspecified atom stereocenters. The summed E-state index contributed by atoms with van der Waals surface area (Å²) in [6, 6.07) is 17.2. The summed E-state index contributed by atoms with van der Waals surface area (Å²) < 4.78 is 24.5. The number of carbonyl (C=O) groups excluding carboxylic acids is 1. The average molecular weight is 491 g/mol. The third kappa shape index (κ3) is 4.85. The highest BCUT2D eigenvalue weighted by molar-refractivity contribution is 7.00. The van der Waals surface area contributed by atoms with Crippen LogP contribution in [0.5, 0.6) is 17.2 Å². The first kappa shape index (κ1) is 23.9. The van der Waals surface area contributed by atoms with Gasteiger partial charge in [0, 0.05) is 17.6 Å². The summed E-state index contributed by atoms with van der Waals surface area (Å²) in [6.45, 7) is 0. The second-order valence-corrected chi connectivity index (χ2v) is 8.06. The first-order chi connectivity index (χ1) is 17.0. The molecule has 3 aromatic carbocycles. The highest BCUT2D eigenvalue weighted by Gasteiger charge is 2.26. The lowest BCUT2D eigenvalue weighted by Gasteiger charge is -2.16. The molecule has 0 spiro atoms. The van der Waals surface area contributed by atoms with Gasteiger partial charge in [-0.25, -0.2) is 4.79 Å². The molecular formula is C26H22N2O6S. The lowest BCUT2D eigenvalue weighted by Crippen LogP contribution is -2.14. The van der Waals surface area contributed by atoms with Crippen molar-refractivity contribution in [3.8, 4) is 17.2 Å². The number of ketones is 1. The predicted octanol–water partition coefficient (Wildman–Crippen LogP) is 4.68. The number of allylic oxidation sites excluding steroid dienone is 1. The van der Waals surface area contributed by atoms with Crippen molar-refractivity contribution in [3.05, 3.63) is 82.9 Å². The normalized spacial score (nSPS) is 11.6. The first-order valence-electron chi connectivity index (χ1n) is 10.5. The van der Waals surface area contributed by atoms with Crippen molar-refractivity contribution in [2.75, 3.05) is 21.3 Å². The zero-order valence-electron chi connectivity index (χ0n) is 19.3. The van der Waals surface area contributed by atoms with E-state index in [4.69, 9.17) is 14.2 Å². The number of hydrogen-bond donors (Lipinski definition) is 1. The molecule has 35 heavy (non-hydrogen) atoms. The Morgan fingerprint density at radius 2 is 1.49 bits per heavy atom. The Kier molecular flexibility index (Phi) is 7.07. The van der Waals surface area contributed by atoms with Crippen LogP contribution in [0.2, 0.25) is 0 Å². The number of rotatable bonds is 9. The highest BCUT2D eigenvalue weighted by Crippen LogP contribution is 2.39. The summed E-state index contributed by atoms with van der Waals surface area (Å²) in [7, 11) is 4.37. The quantitative estimate of drug-likeness (QED) is 0.266. The number of carboxylic acid groups (broad SMARTS) is 1. The maximum absolute atomic E-state index is 13.9. The van der Waals surface area contributed by atoms with E-state index in [0.717, 1.165) is 17.3 Å². The van der Waals surface area contributed by atoms with Crippen LogP contribution in [0.1, 0.15) is 21.5 Å². The van der Waals surface area contributed by atoms with Crippen LogP contribution in [-0.2, 0) is 11.2 Å². The molecule has 0 aliphatic carbocycles. The van der Waals surface area contributed by atoms with E-state index >= 15 is 0 Å². The van der Waals surface area contributed by atoms with Crippen LogP contribution in [0.15, 0.2) is 66.2 Å². The van der Waals surface area contributed by atoms with E-state index in [-0.39, 0.29) is 23.1 Å². The van der Waals surface area contributed by atoms with E-state index in [0.29, 0.717) is 33.8 Å². The average Bonchev–Trinajstić information content (AvgIpc) is 3.35. The maximum Gasteiger partial charge on any atom is 0.336 e. The predicted molar refractivity (Wildman–Crippen MR) is 133 cm³/mol. The molecule has 0 fully saturated rings. The van der Waals surface area contributed by atoms with Gasteiger partial charge in [-0.15, -0.1) is 0 Å². The Labute approximate surface area is 205 Å². The highest BCUT2D eigenvalue weighted by atomic mass is 32.1. The van der Waals surface area contributed by atoms with Crippen LogP contribution < -0.4 is 14.2 Å². The van der Waals surface area contributed by atoms with Crippen LogP contribution >= 0.6 is 11.7 Å². The number of methoxy groups -OCH3 is 3. The summed E-state index contributed by atoms with van der Waals surface area (Å²) in [4.78, 5) is 26.5. The molecule has 0 radical (unpaired) electrons. The third-order valence-corrected chi connectivity index (χ3v) is 6.04. The fourth-order valence-electron chi connectivity index (χ4n) is 3.83. The van der Waals surface area contributed by atoms with Gasteiger partial charge in [0.1, 0.15) is 11.0 Å². The van der Waals surface area contributed by atoms with Gasteiger partial charge in [0.25, 0.3) is 0 Å². The summed E-state index contributed by atoms with van der Waals surface area (Å²) >= 11 is 1.04. The lowest BCUT2D eigenvalue weighted by atomic mass is 9.89. The van der Waals surface area contributed by atoms with Crippen LogP contribution in [0.25, 0.3) is 16.6 Å². The van der Waals surface area contributed by atoms with Crippen molar-refractivity contribution < 1.29 is 28.9 Å². The summed E-state index contributed by atoms with van der Waals surface area (Å²) in [5.41, 5.74) is 2.58. The van der Waals surface area contributed by atoms with Crippen molar-refractivity contribution in [1.82, 2.24) is 8.75 Å². The van der Waals surface area contributed by atoms with E-state index in [9.17, 15) is 14.7 Å². The first-order valence-corrected chi connectivity index (χ1v) is 11.3. The molecule has 0 atom stereocenters. The van der Waals surface area contributed by atoms with Crippen molar-refractivity contribution >= 4 is 40.1 Å². The largest absolute Gasteiger partial charge is 0.493 e. The smallest absolute Gasteiger partial charge is 0.336 e. The molecule has 1 N–H and O–H groups in total. The molecule has 4 rings (SSSR count). The van der Waals surface area contributed by atoms with Crippen molar-refractivity contribution in [1.29, 1.82) is 0 Å². The number of Topliss-reactive ketones (excluding diaryl/α,β-unsaturated/α-hetero) is 1. The Balaban J connectivity index is 1.95. The molecule has 178 valence electrons. The van der Waals surface area contributed by atoms with Gasteiger partial charge < -0.3 is 19.3 Å². The van der Waals surface area contributed by atoms with E-state index in [1.165, 1.54) is 33.5 Å². The van der Waals surface area contributed by atoms with E-state index in [1.54, 1.807) is 18.2 Å². The summed E-state index contributed by atoms with van der Waals surface area (Å²) in [6.07, 6.45) is 0.102. The number of hydrogen-bond acceptors (Lipinski definition) is 8. The second kappa shape index (κ2) is 10.4. The van der Waals surface area contributed by atoms with Gasteiger partial charge in [-0.1, -0.05) is 36.4 Å². The van der Waals surface area contributed by atoms with Gasteiger partial charge in [0.05, 0.1) is 38.6 Å². The van der Waals surface area contributed by atoms with Gasteiger partial charge in [-0.3, -0.25) is 4.79 Å². The number of fused-ring (bicyclic) bond motifs is 1. The number of nitrogens with zero attached hydrogens (tertiary/aromatic N) is 2. The van der Waals surface area contributed by atoms with Crippen molar-refractivity contribution in [2.24, 2.45) is 0 Å². The molecule has 8 nitrogen and oxygen atoms in total. The number of carboxylic acids is 1. The zero-order chi connectivity index (χ0) is 24.9. The fourth-order valence-corrected chi connectivity index (χ4v) is 4.35. The minimum Gasteiger partial charge on any atom is -0.493 e. The number of ether oxygens (including phenoxy) is 3. The standard InChI is InChI=1S/C26H22N2O6S/c1-32-21-13-17(14-22(33-2)25(21)34-3)24(29)18(11-15-7-5-4-6-8-15)23(26(30)31)16-9-10-19-20(12-16)28-35-27-19/h4-10,12-14H,11H2,1-3H3,(H,30,31)/b23-18+. The molecule has 0 saturated carbocycles. The second-order valence-electron chi connectivity index (χ2n) is 7.53. The maximum atomic E-state index is 13.9. The van der Waals surface area contributed by atoms with Gasteiger partial charge >= 0.3 is 5.97 Å². The van der Waals surface area contributed by atoms with Gasteiger partial charge in [0.2, 0.25) is 5.75 Å². The molecule has 0 bridgehead atoms. The Morgan fingerprint density at radius 1 is 0.829 bits per heavy atom. The topological polar surface area (TPSA) is 108 Å². The van der Waals surface area contributed by atoms with Gasteiger partial charge in [-0.05, 0) is 35.4 Å². The van der Waals surface area contributed by atoms with E-state index in [1.807, 2.05) is 30.3 Å². The van der Waals surface area contributed by atoms with Crippen LogP contribution in [0.3, 0.4) is 0 Å². The third-order valence-electron chi connectivity index (χ3n) is 5.48. The number of benzene rings is 3. The summed E-state index contributed by atoms with van der Waals surface area (Å²) in [5, 5.41) is 10.3. The Bertz CT molecular complexity index is 1400. The molecule has 1 heterocycles. The molecule has 4 aromatic rings. The van der Waals surface area contributed by atoms with Crippen LogP contribution in [-0.4, -0.2) is 46.9 Å².